The van der Waals surface area contributed by atoms with Gasteiger partial charge in [0, 0.05) is 16.5 Å². The number of fused-ring (bicyclic) bond motifs is 3. The average Bonchev–Trinajstić information content (AvgIpc) is 2.61. The van der Waals surface area contributed by atoms with Crippen molar-refractivity contribution in [2.45, 2.75) is 31.1 Å². The topological polar surface area (TPSA) is 41.5 Å². The number of aliphatic hydroxyl groups excluding tert-OH is 1. The zero-order valence-corrected chi connectivity index (χ0v) is 13.8. The van der Waals surface area contributed by atoms with E-state index < -0.39 is 0 Å². The summed E-state index contributed by atoms with van der Waals surface area (Å²) < 4.78 is 20.6. The highest BCUT2D eigenvalue weighted by Crippen LogP contribution is 2.51. The van der Waals surface area contributed by atoms with E-state index in [0.29, 0.717) is 10.7 Å². The van der Waals surface area contributed by atoms with Crippen LogP contribution in [0.15, 0.2) is 42.5 Å². The van der Waals surface area contributed by atoms with Crippen molar-refractivity contribution in [3.05, 3.63) is 64.4 Å². The highest BCUT2D eigenvalue weighted by Gasteiger charge is 2.43. The molecule has 1 saturated heterocycles. The second-order valence-corrected chi connectivity index (χ2v) is 6.92. The molecule has 0 aliphatic carbocycles. The first kappa shape index (κ1) is 15.9. The summed E-state index contributed by atoms with van der Waals surface area (Å²) >= 11 is 6.06. The maximum atomic E-state index is 14.5. The normalized spacial score (nSPS) is 28.6. The lowest BCUT2D eigenvalue weighted by atomic mass is 9.76. The molecule has 24 heavy (non-hydrogen) atoms. The Labute approximate surface area is 145 Å². The Kier molecular flexibility index (Phi) is 4.21. The molecule has 3 nitrogen and oxygen atoms in total. The molecule has 0 bridgehead atoms. The second kappa shape index (κ2) is 6.36. The SMILES string of the molecule is OC[C@@H]1CC[C@@H]2[C@@H](c3ccccc3)Nc3c(F)cc(Cl)cc3[C@@H]2O1. The highest BCUT2D eigenvalue weighted by atomic mass is 35.5. The number of anilines is 1. The van der Waals surface area contributed by atoms with Crippen LogP contribution in [0.1, 0.15) is 36.1 Å². The van der Waals surface area contributed by atoms with Gasteiger partial charge in [-0.1, -0.05) is 41.9 Å². The number of hydrogen-bond donors (Lipinski definition) is 2. The molecule has 2 aliphatic heterocycles. The lowest BCUT2D eigenvalue weighted by Crippen LogP contribution is -2.40. The number of aliphatic hydroxyl groups is 1. The zero-order valence-electron chi connectivity index (χ0n) is 13.1. The van der Waals surface area contributed by atoms with Gasteiger partial charge in [-0.15, -0.1) is 0 Å². The van der Waals surface area contributed by atoms with Crippen LogP contribution in [0.2, 0.25) is 5.02 Å². The Morgan fingerprint density at radius 1 is 1.21 bits per heavy atom. The van der Waals surface area contributed by atoms with E-state index in [0.717, 1.165) is 24.0 Å². The van der Waals surface area contributed by atoms with Crippen LogP contribution in [0.25, 0.3) is 0 Å². The third-order valence-corrected chi connectivity index (χ3v) is 5.25. The van der Waals surface area contributed by atoms with E-state index in [2.05, 4.69) is 5.32 Å². The lowest BCUT2D eigenvalue weighted by Gasteiger charge is -2.45. The van der Waals surface area contributed by atoms with E-state index in [1.807, 2.05) is 30.3 Å². The predicted molar refractivity (Wildman–Crippen MR) is 91.6 cm³/mol. The van der Waals surface area contributed by atoms with Crippen molar-refractivity contribution in [3.63, 3.8) is 0 Å². The van der Waals surface area contributed by atoms with Gasteiger partial charge < -0.3 is 15.2 Å². The molecular weight excluding hydrogens is 329 g/mol. The van der Waals surface area contributed by atoms with E-state index >= 15 is 0 Å². The number of ether oxygens (including phenoxy) is 1. The van der Waals surface area contributed by atoms with Gasteiger partial charge in [0.15, 0.2) is 0 Å². The minimum absolute atomic E-state index is 0.0228. The van der Waals surface area contributed by atoms with Gasteiger partial charge >= 0.3 is 0 Å². The highest BCUT2D eigenvalue weighted by molar-refractivity contribution is 6.30. The summed E-state index contributed by atoms with van der Waals surface area (Å²) in [5.41, 5.74) is 2.31. The number of benzene rings is 2. The molecule has 0 aromatic heterocycles. The van der Waals surface area contributed by atoms with Crippen LogP contribution >= 0.6 is 11.6 Å². The quantitative estimate of drug-likeness (QED) is 0.842. The Bertz CT molecular complexity index is 740. The third kappa shape index (κ3) is 2.69. The van der Waals surface area contributed by atoms with Crippen LogP contribution in [0.3, 0.4) is 0 Å². The molecule has 0 saturated carbocycles. The van der Waals surface area contributed by atoms with Crippen LogP contribution in [-0.2, 0) is 4.74 Å². The lowest BCUT2D eigenvalue weighted by molar-refractivity contribution is -0.110. The van der Waals surface area contributed by atoms with Crippen LogP contribution in [0.5, 0.6) is 0 Å². The first-order chi connectivity index (χ1) is 11.7. The maximum absolute atomic E-state index is 14.5. The van der Waals surface area contributed by atoms with Crippen molar-refractivity contribution in [1.29, 1.82) is 0 Å². The average molecular weight is 348 g/mol. The summed E-state index contributed by atoms with van der Waals surface area (Å²) in [6, 6.07) is 13.1. The molecule has 0 spiro atoms. The van der Waals surface area contributed by atoms with Crippen molar-refractivity contribution >= 4 is 17.3 Å². The van der Waals surface area contributed by atoms with E-state index in [4.69, 9.17) is 16.3 Å². The number of halogens is 2. The Morgan fingerprint density at radius 3 is 2.75 bits per heavy atom. The van der Waals surface area contributed by atoms with Crippen LogP contribution in [0, 0.1) is 11.7 Å². The molecule has 1 fully saturated rings. The maximum Gasteiger partial charge on any atom is 0.148 e. The smallest absolute Gasteiger partial charge is 0.148 e. The first-order valence-corrected chi connectivity index (χ1v) is 8.62. The molecule has 2 N–H and O–H groups in total. The number of rotatable bonds is 2. The van der Waals surface area contributed by atoms with E-state index in [9.17, 15) is 9.50 Å². The van der Waals surface area contributed by atoms with Crippen molar-refractivity contribution in [2.75, 3.05) is 11.9 Å². The molecule has 4 rings (SSSR count). The second-order valence-electron chi connectivity index (χ2n) is 6.49. The van der Waals surface area contributed by atoms with Gasteiger partial charge in [-0.05, 0) is 30.5 Å². The minimum Gasteiger partial charge on any atom is -0.394 e. The predicted octanol–water partition coefficient (Wildman–Crippen LogP) is 4.47. The molecule has 2 aliphatic rings. The molecule has 0 unspecified atom stereocenters. The zero-order chi connectivity index (χ0) is 16.7. The van der Waals surface area contributed by atoms with Crippen molar-refractivity contribution in [3.8, 4) is 0 Å². The van der Waals surface area contributed by atoms with Gasteiger partial charge in [0.25, 0.3) is 0 Å². The molecular formula is C19H19ClFNO2. The molecule has 0 radical (unpaired) electrons. The largest absolute Gasteiger partial charge is 0.394 e. The summed E-state index contributed by atoms with van der Waals surface area (Å²) in [5, 5.41) is 13.2. The summed E-state index contributed by atoms with van der Waals surface area (Å²) in [6.07, 6.45) is 1.21. The fourth-order valence-corrected chi connectivity index (χ4v) is 4.12. The fourth-order valence-electron chi connectivity index (χ4n) is 3.91. The summed E-state index contributed by atoms with van der Waals surface area (Å²) in [7, 11) is 0. The molecule has 2 aromatic rings. The molecule has 2 heterocycles. The minimum atomic E-state index is -0.369. The first-order valence-electron chi connectivity index (χ1n) is 8.24. The molecule has 126 valence electrons. The molecule has 0 amide bonds. The van der Waals surface area contributed by atoms with E-state index in [1.165, 1.54) is 6.07 Å². The summed E-state index contributed by atoms with van der Waals surface area (Å²) in [6.45, 7) is -0.0228. The Hall–Kier alpha value is -1.62. The molecule has 4 atom stereocenters. The van der Waals surface area contributed by atoms with Crippen LogP contribution in [0.4, 0.5) is 10.1 Å². The van der Waals surface area contributed by atoms with Crippen molar-refractivity contribution in [1.82, 2.24) is 0 Å². The number of hydrogen-bond acceptors (Lipinski definition) is 3. The van der Waals surface area contributed by atoms with E-state index in [1.54, 1.807) is 6.07 Å². The van der Waals surface area contributed by atoms with Gasteiger partial charge in [-0.3, -0.25) is 0 Å². The number of nitrogens with one attached hydrogen (secondary N) is 1. The van der Waals surface area contributed by atoms with Crippen molar-refractivity contribution < 1.29 is 14.2 Å². The van der Waals surface area contributed by atoms with Gasteiger partial charge in [0.05, 0.1) is 30.5 Å². The van der Waals surface area contributed by atoms with Gasteiger partial charge in [0.2, 0.25) is 0 Å². The standard InChI is InChI=1S/C19H19ClFNO2/c20-12-8-15-18(16(21)9-12)22-17(11-4-2-1-3-5-11)14-7-6-13(10-23)24-19(14)15/h1-5,8-9,13-14,17,19,22-23H,6-7,10H2/t13-,14+,17+,19+/m0/s1. The van der Waals surface area contributed by atoms with Crippen LogP contribution < -0.4 is 5.32 Å². The van der Waals surface area contributed by atoms with Gasteiger partial charge in [-0.2, -0.15) is 0 Å². The molecule has 5 heteroatoms. The fraction of sp³-hybridized carbons (Fsp3) is 0.368. The molecule has 2 aromatic carbocycles. The van der Waals surface area contributed by atoms with Crippen molar-refractivity contribution in [2.24, 2.45) is 5.92 Å². The Morgan fingerprint density at radius 2 is 2.00 bits per heavy atom. The van der Waals surface area contributed by atoms with Crippen LogP contribution in [-0.4, -0.2) is 17.8 Å². The summed E-state index contributed by atoms with van der Waals surface area (Å²) in [5.74, 6) is -0.202. The summed E-state index contributed by atoms with van der Waals surface area (Å²) in [4.78, 5) is 0. The Balaban J connectivity index is 1.80. The van der Waals surface area contributed by atoms with E-state index in [-0.39, 0.29) is 36.6 Å². The third-order valence-electron chi connectivity index (χ3n) is 5.03. The van der Waals surface area contributed by atoms with Gasteiger partial charge in [0.1, 0.15) is 5.82 Å². The monoisotopic (exact) mass is 347 g/mol. The van der Waals surface area contributed by atoms with Gasteiger partial charge in [-0.25, -0.2) is 4.39 Å².